The molecule has 0 bridgehead atoms. The van der Waals surface area contributed by atoms with Crippen LogP contribution in [0.4, 0.5) is 11.4 Å². The third-order valence-corrected chi connectivity index (χ3v) is 5.42. The van der Waals surface area contributed by atoms with Gasteiger partial charge in [0.25, 0.3) is 0 Å². The highest BCUT2D eigenvalue weighted by Gasteiger charge is 2.36. The topological polar surface area (TPSA) is 18.8 Å². The summed E-state index contributed by atoms with van der Waals surface area (Å²) in [5.74, 6) is 0. The van der Waals surface area contributed by atoms with Gasteiger partial charge in [-0.25, -0.2) is 5.01 Å². The fourth-order valence-electron chi connectivity index (χ4n) is 3.16. The fourth-order valence-corrected chi connectivity index (χ4v) is 3.39. The molecule has 0 aliphatic carbocycles. The van der Waals surface area contributed by atoms with Gasteiger partial charge in [-0.15, -0.1) is 0 Å². The van der Waals surface area contributed by atoms with Crippen LogP contribution < -0.4 is 5.01 Å². The van der Waals surface area contributed by atoms with Gasteiger partial charge in [-0.05, 0) is 49.2 Å². The van der Waals surface area contributed by atoms with Crippen molar-refractivity contribution < 1.29 is 0 Å². The normalized spacial score (nSPS) is 18.6. The lowest BCUT2D eigenvalue weighted by Gasteiger charge is -2.32. The summed E-state index contributed by atoms with van der Waals surface area (Å²) < 4.78 is 1.17. The standard InChI is InChI=1S/C18H16BrN3/c1-12-10-14(11-13(2)18(12)19)21-16-7-4-3-6-15(16)17-8-5-9-20-22(17)21/h3-11,17H,1-2H3. The Morgan fingerprint density at radius 2 is 1.82 bits per heavy atom. The van der Waals surface area contributed by atoms with Crippen LogP contribution in [0.1, 0.15) is 22.7 Å². The molecule has 2 aliphatic heterocycles. The van der Waals surface area contributed by atoms with Crippen molar-refractivity contribution in [1.29, 1.82) is 0 Å². The van der Waals surface area contributed by atoms with Crippen molar-refractivity contribution in [2.45, 2.75) is 19.9 Å². The van der Waals surface area contributed by atoms with Crippen LogP contribution in [0.5, 0.6) is 0 Å². The van der Waals surface area contributed by atoms with E-state index in [-0.39, 0.29) is 6.04 Å². The SMILES string of the molecule is Cc1cc(N2c3ccccc3C3C=CC=NN32)cc(C)c1Br. The van der Waals surface area contributed by atoms with Crippen LogP contribution in [0.25, 0.3) is 0 Å². The van der Waals surface area contributed by atoms with Gasteiger partial charge in [0, 0.05) is 16.3 Å². The van der Waals surface area contributed by atoms with Gasteiger partial charge >= 0.3 is 0 Å². The zero-order valence-electron chi connectivity index (χ0n) is 12.5. The summed E-state index contributed by atoms with van der Waals surface area (Å²) in [7, 11) is 0. The quantitative estimate of drug-likeness (QED) is 0.715. The van der Waals surface area contributed by atoms with E-state index in [2.05, 4.69) is 82.4 Å². The maximum atomic E-state index is 4.58. The highest BCUT2D eigenvalue weighted by atomic mass is 79.9. The average molecular weight is 354 g/mol. The van der Waals surface area contributed by atoms with Crippen molar-refractivity contribution in [2.24, 2.45) is 5.10 Å². The van der Waals surface area contributed by atoms with Crippen LogP contribution in [0.2, 0.25) is 0 Å². The van der Waals surface area contributed by atoms with Crippen molar-refractivity contribution in [2.75, 3.05) is 5.01 Å². The zero-order chi connectivity index (χ0) is 15.3. The zero-order valence-corrected chi connectivity index (χ0v) is 14.1. The maximum absolute atomic E-state index is 4.58. The first-order valence-corrected chi connectivity index (χ1v) is 8.12. The van der Waals surface area contributed by atoms with Gasteiger partial charge in [-0.1, -0.05) is 40.2 Å². The second-order valence-corrected chi connectivity index (χ2v) is 6.47. The number of aryl methyl sites for hydroxylation is 2. The summed E-state index contributed by atoms with van der Waals surface area (Å²) in [5, 5.41) is 8.83. The van der Waals surface area contributed by atoms with E-state index in [1.54, 1.807) is 0 Å². The van der Waals surface area contributed by atoms with Crippen LogP contribution in [0.3, 0.4) is 0 Å². The molecule has 22 heavy (non-hydrogen) atoms. The fraction of sp³-hybridized carbons (Fsp3) is 0.167. The summed E-state index contributed by atoms with van der Waals surface area (Å²) in [6, 6.07) is 13.1. The van der Waals surface area contributed by atoms with Crippen molar-refractivity contribution in [3.05, 3.63) is 69.7 Å². The highest BCUT2D eigenvalue weighted by Crippen LogP contribution is 2.46. The lowest BCUT2D eigenvalue weighted by atomic mass is 10.1. The molecular formula is C18H16BrN3. The van der Waals surface area contributed by atoms with E-state index in [4.69, 9.17) is 0 Å². The smallest absolute Gasteiger partial charge is 0.115 e. The number of hydrazone groups is 1. The minimum absolute atomic E-state index is 0.172. The molecule has 0 spiro atoms. The van der Waals surface area contributed by atoms with E-state index in [9.17, 15) is 0 Å². The minimum atomic E-state index is 0.172. The van der Waals surface area contributed by atoms with Gasteiger partial charge < -0.3 is 0 Å². The van der Waals surface area contributed by atoms with E-state index < -0.39 is 0 Å². The molecule has 4 heteroatoms. The number of benzene rings is 2. The molecule has 1 atom stereocenters. The Bertz CT molecular complexity index is 787. The lowest BCUT2D eigenvalue weighted by molar-refractivity contribution is 0.269. The van der Waals surface area contributed by atoms with Gasteiger partial charge in [-0.2, -0.15) is 10.2 Å². The summed E-state index contributed by atoms with van der Waals surface area (Å²) in [4.78, 5) is 0. The van der Waals surface area contributed by atoms with Crippen LogP contribution in [0.15, 0.2) is 58.1 Å². The van der Waals surface area contributed by atoms with Crippen molar-refractivity contribution >= 4 is 33.5 Å². The van der Waals surface area contributed by atoms with E-state index in [0.717, 1.165) is 5.69 Å². The molecule has 0 saturated carbocycles. The molecule has 0 aromatic heterocycles. The first-order valence-electron chi connectivity index (χ1n) is 7.32. The number of allylic oxidation sites excluding steroid dienone is 1. The molecule has 0 radical (unpaired) electrons. The Hall–Kier alpha value is -2.07. The predicted molar refractivity (Wildman–Crippen MR) is 94.4 cm³/mol. The number of hydrazine groups is 1. The summed E-state index contributed by atoms with van der Waals surface area (Å²) >= 11 is 3.65. The summed E-state index contributed by atoms with van der Waals surface area (Å²) in [6.45, 7) is 4.25. The largest absolute Gasteiger partial charge is 0.237 e. The van der Waals surface area contributed by atoms with Gasteiger partial charge in [0.05, 0.1) is 11.4 Å². The molecule has 0 amide bonds. The summed E-state index contributed by atoms with van der Waals surface area (Å²) in [6.07, 6.45) is 6.04. The first kappa shape index (κ1) is 13.6. The molecule has 0 N–H and O–H groups in total. The Balaban J connectivity index is 1.91. The van der Waals surface area contributed by atoms with Gasteiger partial charge in [0.15, 0.2) is 0 Å². The third kappa shape index (κ3) is 1.91. The van der Waals surface area contributed by atoms with Crippen LogP contribution in [0, 0.1) is 13.8 Å². The number of nitrogens with zero attached hydrogens (tertiary/aromatic N) is 3. The summed E-state index contributed by atoms with van der Waals surface area (Å²) in [5.41, 5.74) is 6.08. The van der Waals surface area contributed by atoms with E-state index in [1.165, 1.54) is 26.9 Å². The van der Waals surface area contributed by atoms with Gasteiger partial charge in [0.2, 0.25) is 0 Å². The van der Waals surface area contributed by atoms with E-state index in [1.807, 2.05) is 17.4 Å². The number of halogens is 1. The first-order chi connectivity index (χ1) is 10.7. The number of fused-ring (bicyclic) bond motifs is 3. The molecule has 1 unspecified atom stereocenters. The minimum Gasteiger partial charge on any atom is -0.237 e. The Kier molecular flexibility index (Phi) is 3.08. The molecule has 2 aliphatic rings. The second-order valence-electron chi connectivity index (χ2n) is 5.68. The Labute approximate surface area is 138 Å². The molecule has 4 rings (SSSR count). The Morgan fingerprint density at radius 3 is 2.59 bits per heavy atom. The monoisotopic (exact) mass is 353 g/mol. The molecule has 2 heterocycles. The Morgan fingerprint density at radius 1 is 1.09 bits per heavy atom. The maximum Gasteiger partial charge on any atom is 0.115 e. The van der Waals surface area contributed by atoms with Crippen molar-refractivity contribution in [3.8, 4) is 0 Å². The van der Waals surface area contributed by atoms with E-state index in [0.29, 0.717) is 0 Å². The molecular weight excluding hydrogens is 338 g/mol. The molecule has 3 nitrogen and oxygen atoms in total. The van der Waals surface area contributed by atoms with Crippen LogP contribution in [-0.4, -0.2) is 11.3 Å². The van der Waals surface area contributed by atoms with Crippen LogP contribution >= 0.6 is 15.9 Å². The van der Waals surface area contributed by atoms with Gasteiger partial charge in [0.1, 0.15) is 6.04 Å². The number of hydrogen-bond acceptors (Lipinski definition) is 3. The van der Waals surface area contributed by atoms with Crippen LogP contribution in [-0.2, 0) is 0 Å². The third-order valence-electron chi connectivity index (χ3n) is 4.17. The molecule has 2 aromatic carbocycles. The molecule has 2 aromatic rings. The average Bonchev–Trinajstić information content (AvgIpc) is 2.87. The van der Waals surface area contributed by atoms with E-state index >= 15 is 0 Å². The number of rotatable bonds is 1. The highest BCUT2D eigenvalue weighted by molar-refractivity contribution is 9.10. The van der Waals surface area contributed by atoms with Crippen molar-refractivity contribution in [3.63, 3.8) is 0 Å². The molecule has 110 valence electrons. The second kappa shape index (κ2) is 4.99. The molecule has 0 fully saturated rings. The number of para-hydroxylation sites is 1. The van der Waals surface area contributed by atoms with Gasteiger partial charge in [-0.3, -0.25) is 0 Å². The number of anilines is 2. The van der Waals surface area contributed by atoms with Crippen molar-refractivity contribution in [1.82, 2.24) is 5.12 Å². The lowest BCUT2D eigenvalue weighted by Crippen LogP contribution is -2.32. The number of hydrogen-bond donors (Lipinski definition) is 0. The predicted octanol–water partition coefficient (Wildman–Crippen LogP) is 5.03. The molecule has 0 saturated heterocycles.